The van der Waals surface area contributed by atoms with Gasteiger partial charge in [-0.15, -0.1) is 0 Å². The standard InChI is InChI=1S/C20H24ClNO5S/c1-4-22(5-2)28(24,25)17-10-11-19(21)18(14-17)20(23)27-13-12-15-6-8-16(26-3)9-7-15/h6-11,14H,4-5,12-13H2,1-3H3. The third-order valence-electron chi connectivity index (χ3n) is 4.28. The van der Waals surface area contributed by atoms with Crippen LogP contribution in [0.5, 0.6) is 5.75 Å². The highest BCUT2D eigenvalue weighted by atomic mass is 35.5. The summed E-state index contributed by atoms with van der Waals surface area (Å²) in [6.07, 6.45) is 0.519. The molecule has 0 aliphatic rings. The van der Waals surface area contributed by atoms with E-state index in [9.17, 15) is 13.2 Å². The number of hydrogen-bond acceptors (Lipinski definition) is 5. The van der Waals surface area contributed by atoms with Crippen molar-refractivity contribution in [3.8, 4) is 5.75 Å². The zero-order valence-electron chi connectivity index (χ0n) is 16.1. The van der Waals surface area contributed by atoms with Crippen LogP contribution in [0.15, 0.2) is 47.4 Å². The van der Waals surface area contributed by atoms with Crippen molar-refractivity contribution in [1.29, 1.82) is 0 Å². The third kappa shape index (κ3) is 5.25. The minimum atomic E-state index is -3.69. The van der Waals surface area contributed by atoms with Gasteiger partial charge in [0.25, 0.3) is 0 Å². The number of sulfonamides is 1. The molecule has 2 rings (SSSR count). The molecule has 6 nitrogen and oxygen atoms in total. The van der Waals surface area contributed by atoms with Gasteiger partial charge in [-0.25, -0.2) is 13.2 Å². The van der Waals surface area contributed by atoms with Crippen molar-refractivity contribution in [2.75, 3.05) is 26.8 Å². The maximum Gasteiger partial charge on any atom is 0.339 e. The predicted octanol–water partition coefficient (Wildman–Crippen LogP) is 3.78. The Morgan fingerprint density at radius 3 is 2.29 bits per heavy atom. The van der Waals surface area contributed by atoms with Crippen LogP contribution >= 0.6 is 11.6 Å². The van der Waals surface area contributed by atoms with E-state index in [2.05, 4.69) is 0 Å². The Bertz CT molecular complexity index is 909. The number of esters is 1. The molecule has 0 spiro atoms. The van der Waals surface area contributed by atoms with Gasteiger partial charge in [0.1, 0.15) is 5.75 Å². The summed E-state index contributed by atoms with van der Waals surface area (Å²) < 4.78 is 37.0. The molecule has 0 amide bonds. The molecule has 0 aliphatic carbocycles. The maximum atomic E-state index is 12.7. The minimum Gasteiger partial charge on any atom is -0.497 e. The number of benzene rings is 2. The summed E-state index contributed by atoms with van der Waals surface area (Å²) >= 11 is 6.09. The Kier molecular flexibility index (Phi) is 7.86. The molecule has 8 heteroatoms. The minimum absolute atomic E-state index is 0.0164. The number of methoxy groups -OCH3 is 1. The summed E-state index contributed by atoms with van der Waals surface area (Å²) in [6, 6.07) is 11.5. The molecule has 0 atom stereocenters. The van der Waals surface area contributed by atoms with Crippen LogP contribution in [0, 0.1) is 0 Å². The molecule has 0 heterocycles. The van der Waals surface area contributed by atoms with Gasteiger partial charge >= 0.3 is 5.97 Å². The van der Waals surface area contributed by atoms with Crippen molar-refractivity contribution in [1.82, 2.24) is 4.31 Å². The van der Waals surface area contributed by atoms with Gasteiger partial charge in [-0.1, -0.05) is 37.6 Å². The molecule has 0 fully saturated rings. The first kappa shape index (κ1) is 22.2. The van der Waals surface area contributed by atoms with Crippen LogP contribution in [-0.2, 0) is 21.2 Å². The van der Waals surface area contributed by atoms with Gasteiger partial charge in [-0.3, -0.25) is 0 Å². The number of carbonyl (C=O) groups is 1. The van der Waals surface area contributed by atoms with Gasteiger partial charge in [0.2, 0.25) is 10.0 Å². The van der Waals surface area contributed by atoms with Crippen molar-refractivity contribution in [2.24, 2.45) is 0 Å². The van der Waals surface area contributed by atoms with E-state index in [0.717, 1.165) is 11.3 Å². The zero-order chi connectivity index (χ0) is 20.7. The Morgan fingerprint density at radius 2 is 1.71 bits per heavy atom. The molecular formula is C20H24ClNO5S. The van der Waals surface area contributed by atoms with E-state index in [0.29, 0.717) is 19.5 Å². The Hall–Kier alpha value is -2.09. The topological polar surface area (TPSA) is 72.9 Å². The number of ether oxygens (including phenoxy) is 2. The lowest BCUT2D eigenvalue weighted by Gasteiger charge is -2.19. The zero-order valence-corrected chi connectivity index (χ0v) is 17.7. The van der Waals surface area contributed by atoms with Gasteiger partial charge in [0.05, 0.1) is 29.2 Å². The lowest BCUT2D eigenvalue weighted by molar-refractivity contribution is 0.0509. The summed E-state index contributed by atoms with van der Waals surface area (Å²) in [5, 5.41) is 0.146. The van der Waals surface area contributed by atoms with Crippen LogP contribution < -0.4 is 4.74 Å². The summed E-state index contributed by atoms with van der Waals surface area (Å²) in [6.45, 7) is 4.33. The fraction of sp³-hybridized carbons (Fsp3) is 0.350. The smallest absolute Gasteiger partial charge is 0.339 e. The second-order valence-electron chi connectivity index (χ2n) is 5.96. The average molecular weight is 426 g/mol. The van der Waals surface area contributed by atoms with E-state index >= 15 is 0 Å². The molecule has 0 saturated heterocycles. The Balaban J connectivity index is 2.10. The first-order valence-corrected chi connectivity index (χ1v) is 10.7. The van der Waals surface area contributed by atoms with Crippen molar-refractivity contribution in [2.45, 2.75) is 25.2 Å². The lowest BCUT2D eigenvalue weighted by Crippen LogP contribution is -2.30. The molecule has 0 bridgehead atoms. The molecule has 0 aromatic heterocycles. The molecule has 0 saturated carbocycles. The molecule has 2 aromatic carbocycles. The van der Waals surface area contributed by atoms with E-state index in [1.165, 1.54) is 22.5 Å². The van der Waals surface area contributed by atoms with E-state index in [-0.39, 0.29) is 22.1 Å². The molecule has 0 unspecified atom stereocenters. The first-order valence-electron chi connectivity index (χ1n) is 8.93. The third-order valence-corrected chi connectivity index (χ3v) is 6.66. The highest BCUT2D eigenvalue weighted by molar-refractivity contribution is 7.89. The van der Waals surface area contributed by atoms with Crippen molar-refractivity contribution in [3.05, 3.63) is 58.6 Å². The van der Waals surface area contributed by atoms with Gasteiger partial charge < -0.3 is 9.47 Å². The fourth-order valence-corrected chi connectivity index (χ4v) is 4.34. The molecule has 2 aromatic rings. The number of hydrogen-bond donors (Lipinski definition) is 0. The predicted molar refractivity (Wildman–Crippen MR) is 109 cm³/mol. The van der Waals surface area contributed by atoms with Crippen LogP contribution in [0.1, 0.15) is 29.8 Å². The van der Waals surface area contributed by atoms with Crippen LogP contribution in [0.4, 0.5) is 0 Å². The van der Waals surface area contributed by atoms with Crippen LogP contribution in [0.3, 0.4) is 0 Å². The summed E-state index contributed by atoms with van der Waals surface area (Å²) in [5.74, 6) is 0.0915. The molecule has 0 N–H and O–H groups in total. The number of nitrogens with zero attached hydrogens (tertiary/aromatic N) is 1. The normalized spacial score (nSPS) is 11.5. The van der Waals surface area contributed by atoms with E-state index < -0.39 is 16.0 Å². The number of rotatable bonds is 9. The lowest BCUT2D eigenvalue weighted by atomic mass is 10.1. The van der Waals surface area contributed by atoms with Crippen molar-refractivity contribution < 1.29 is 22.7 Å². The molecule has 152 valence electrons. The number of carbonyl (C=O) groups excluding carboxylic acids is 1. The fourth-order valence-electron chi connectivity index (χ4n) is 2.67. The summed E-state index contributed by atoms with van der Waals surface area (Å²) in [5.41, 5.74) is 1.02. The van der Waals surface area contributed by atoms with Gasteiger partial charge in [0, 0.05) is 19.5 Å². The monoisotopic (exact) mass is 425 g/mol. The Morgan fingerprint density at radius 1 is 1.07 bits per heavy atom. The van der Waals surface area contributed by atoms with Crippen LogP contribution in [0.2, 0.25) is 5.02 Å². The first-order chi connectivity index (χ1) is 13.3. The van der Waals surface area contributed by atoms with E-state index in [1.54, 1.807) is 21.0 Å². The number of halogens is 1. The van der Waals surface area contributed by atoms with Crippen LogP contribution in [0.25, 0.3) is 0 Å². The summed E-state index contributed by atoms with van der Waals surface area (Å²) in [4.78, 5) is 12.4. The molecule has 28 heavy (non-hydrogen) atoms. The second-order valence-corrected chi connectivity index (χ2v) is 8.31. The van der Waals surface area contributed by atoms with Crippen molar-refractivity contribution >= 4 is 27.6 Å². The maximum absolute atomic E-state index is 12.7. The molecule has 0 radical (unpaired) electrons. The molecular weight excluding hydrogens is 402 g/mol. The van der Waals surface area contributed by atoms with Crippen molar-refractivity contribution in [3.63, 3.8) is 0 Å². The van der Waals surface area contributed by atoms with Gasteiger partial charge in [0.15, 0.2) is 0 Å². The van der Waals surface area contributed by atoms with Gasteiger partial charge in [-0.05, 0) is 35.9 Å². The van der Waals surface area contributed by atoms with E-state index in [1.807, 2.05) is 24.3 Å². The molecule has 0 aliphatic heterocycles. The SMILES string of the molecule is CCN(CC)S(=O)(=O)c1ccc(Cl)c(C(=O)OCCc2ccc(OC)cc2)c1. The van der Waals surface area contributed by atoms with E-state index in [4.69, 9.17) is 21.1 Å². The largest absolute Gasteiger partial charge is 0.497 e. The quantitative estimate of drug-likeness (QED) is 0.571. The average Bonchev–Trinajstić information content (AvgIpc) is 2.69. The highest BCUT2D eigenvalue weighted by Crippen LogP contribution is 2.24. The highest BCUT2D eigenvalue weighted by Gasteiger charge is 2.24. The van der Waals surface area contributed by atoms with Crippen LogP contribution in [-0.4, -0.2) is 45.5 Å². The summed E-state index contributed by atoms with van der Waals surface area (Å²) in [7, 11) is -2.10. The van der Waals surface area contributed by atoms with Gasteiger partial charge in [-0.2, -0.15) is 4.31 Å². The Labute approximate surface area is 171 Å². The second kappa shape index (κ2) is 9.91.